The lowest BCUT2D eigenvalue weighted by molar-refractivity contribution is -0.119. The van der Waals surface area contributed by atoms with Crippen LogP contribution >= 0.6 is 0 Å². The molecule has 6 nitrogen and oxygen atoms in total. The number of piperidine rings is 1. The highest BCUT2D eigenvalue weighted by Gasteiger charge is 2.29. The fourth-order valence-electron chi connectivity index (χ4n) is 2.85. The fraction of sp³-hybridized carbons (Fsp3) is 0.500. The molecule has 1 atom stereocenters. The largest absolute Gasteiger partial charge is 0.493 e. The third kappa shape index (κ3) is 3.50. The van der Waals surface area contributed by atoms with Gasteiger partial charge < -0.3 is 20.1 Å². The van der Waals surface area contributed by atoms with Crippen LogP contribution in [0.4, 0.5) is 0 Å². The number of hydrogen-bond donors (Lipinski definition) is 1. The van der Waals surface area contributed by atoms with Crippen LogP contribution in [0, 0.1) is 0 Å². The number of amides is 2. The molecule has 1 aliphatic rings. The lowest BCUT2D eigenvalue weighted by Crippen LogP contribution is -2.45. The van der Waals surface area contributed by atoms with Gasteiger partial charge in [-0.1, -0.05) is 0 Å². The summed E-state index contributed by atoms with van der Waals surface area (Å²) in [6, 6.07) is 4.96. The molecule has 0 saturated carbocycles. The zero-order valence-corrected chi connectivity index (χ0v) is 13.0. The number of hydrogen-bond acceptors (Lipinski definition) is 4. The molecule has 0 radical (unpaired) electrons. The molecule has 1 heterocycles. The average Bonchev–Trinajstić information content (AvgIpc) is 2.53. The van der Waals surface area contributed by atoms with Gasteiger partial charge in [0.2, 0.25) is 5.91 Å². The molecule has 0 spiro atoms. The Morgan fingerprint density at radius 3 is 2.59 bits per heavy atom. The number of benzene rings is 1. The maximum absolute atomic E-state index is 12.7. The van der Waals surface area contributed by atoms with Crippen molar-refractivity contribution in [1.29, 1.82) is 0 Å². The van der Waals surface area contributed by atoms with Gasteiger partial charge in [-0.25, -0.2) is 0 Å². The Hall–Kier alpha value is -2.24. The van der Waals surface area contributed by atoms with Crippen molar-refractivity contribution >= 4 is 11.8 Å². The van der Waals surface area contributed by atoms with Crippen LogP contribution in [0.1, 0.15) is 36.0 Å². The summed E-state index contributed by atoms with van der Waals surface area (Å²) < 4.78 is 10.4. The Kier molecular flexibility index (Phi) is 5.25. The first-order chi connectivity index (χ1) is 10.6. The number of methoxy groups -OCH3 is 2. The minimum atomic E-state index is -0.378. The van der Waals surface area contributed by atoms with E-state index in [-0.39, 0.29) is 24.3 Å². The van der Waals surface area contributed by atoms with E-state index in [2.05, 4.69) is 0 Å². The van der Waals surface area contributed by atoms with E-state index in [1.165, 1.54) is 7.11 Å². The molecule has 0 aromatic heterocycles. The van der Waals surface area contributed by atoms with Crippen molar-refractivity contribution in [3.63, 3.8) is 0 Å². The molecule has 0 aliphatic carbocycles. The van der Waals surface area contributed by atoms with E-state index in [0.717, 1.165) is 19.3 Å². The second-order valence-corrected chi connectivity index (χ2v) is 5.39. The maximum atomic E-state index is 12.7. The van der Waals surface area contributed by atoms with E-state index in [4.69, 9.17) is 15.2 Å². The molecule has 22 heavy (non-hydrogen) atoms. The summed E-state index contributed by atoms with van der Waals surface area (Å²) in [7, 11) is 3.08. The number of nitrogens with zero attached hydrogens (tertiary/aromatic N) is 1. The van der Waals surface area contributed by atoms with Gasteiger partial charge in [0.05, 0.1) is 14.2 Å². The van der Waals surface area contributed by atoms with Crippen molar-refractivity contribution in [2.75, 3.05) is 20.8 Å². The van der Waals surface area contributed by atoms with Crippen LogP contribution in [0.25, 0.3) is 0 Å². The van der Waals surface area contributed by atoms with Gasteiger partial charge in [-0.2, -0.15) is 0 Å². The molecule has 120 valence electrons. The van der Waals surface area contributed by atoms with Gasteiger partial charge in [0.1, 0.15) is 0 Å². The number of carbonyl (C=O) groups is 2. The average molecular weight is 306 g/mol. The van der Waals surface area contributed by atoms with Crippen LogP contribution in [0.3, 0.4) is 0 Å². The first kappa shape index (κ1) is 16.1. The van der Waals surface area contributed by atoms with Crippen molar-refractivity contribution in [2.45, 2.75) is 31.7 Å². The topological polar surface area (TPSA) is 81.9 Å². The van der Waals surface area contributed by atoms with Gasteiger partial charge in [0.25, 0.3) is 5.91 Å². The molecule has 1 aromatic rings. The summed E-state index contributed by atoms with van der Waals surface area (Å²) in [6.07, 6.45) is 2.96. The molecule has 1 aliphatic heterocycles. The third-order valence-corrected chi connectivity index (χ3v) is 3.96. The minimum Gasteiger partial charge on any atom is -0.493 e. The Bertz CT molecular complexity index is 559. The molecule has 2 N–H and O–H groups in total. The zero-order chi connectivity index (χ0) is 16.1. The van der Waals surface area contributed by atoms with Crippen molar-refractivity contribution in [1.82, 2.24) is 4.90 Å². The van der Waals surface area contributed by atoms with Gasteiger partial charge in [0.15, 0.2) is 11.5 Å². The molecule has 1 aromatic carbocycles. The number of nitrogens with two attached hydrogens (primary N) is 1. The van der Waals surface area contributed by atoms with Crippen LogP contribution in [0.5, 0.6) is 11.5 Å². The Morgan fingerprint density at radius 1 is 1.23 bits per heavy atom. The van der Waals surface area contributed by atoms with Crippen LogP contribution in [-0.4, -0.2) is 43.5 Å². The van der Waals surface area contributed by atoms with Gasteiger partial charge in [0, 0.05) is 24.6 Å². The minimum absolute atomic E-state index is 0.105. The van der Waals surface area contributed by atoms with E-state index < -0.39 is 0 Å². The van der Waals surface area contributed by atoms with E-state index in [1.807, 2.05) is 0 Å². The SMILES string of the molecule is COc1ccc(C(=O)N2CCCCC2CC(N)=O)cc1OC. The lowest BCUT2D eigenvalue weighted by atomic mass is 9.98. The van der Waals surface area contributed by atoms with Gasteiger partial charge >= 0.3 is 0 Å². The first-order valence-corrected chi connectivity index (χ1v) is 7.38. The van der Waals surface area contributed by atoms with Crippen molar-refractivity contribution in [3.05, 3.63) is 23.8 Å². The third-order valence-electron chi connectivity index (χ3n) is 3.96. The number of likely N-dealkylation sites (tertiary alicyclic amines) is 1. The molecular weight excluding hydrogens is 284 g/mol. The maximum Gasteiger partial charge on any atom is 0.254 e. The first-order valence-electron chi connectivity index (χ1n) is 7.38. The van der Waals surface area contributed by atoms with Crippen molar-refractivity contribution in [2.24, 2.45) is 5.73 Å². The highest BCUT2D eigenvalue weighted by molar-refractivity contribution is 5.95. The highest BCUT2D eigenvalue weighted by atomic mass is 16.5. The second kappa shape index (κ2) is 7.15. The monoisotopic (exact) mass is 306 g/mol. The van der Waals surface area contributed by atoms with Gasteiger partial charge in [-0.3, -0.25) is 9.59 Å². The van der Waals surface area contributed by atoms with Crippen molar-refractivity contribution in [3.8, 4) is 11.5 Å². The van der Waals surface area contributed by atoms with Crippen LogP contribution in [-0.2, 0) is 4.79 Å². The number of carbonyl (C=O) groups excluding carboxylic acids is 2. The highest BCUT2D eigenvalue weighted by Crippen LogP contribution is 2.29. The predicted molar refractivity (Wildman–Crippen MR) is 82.0 cm³/mol. The number of ether oxygens (including phenoxy) is 2. The van der Waals surface area contributed by atoms with E-state index in [1.54, 1.807) is 30.2 Å². The summed E-state index contributed by atoms with van der Waals surface area (Å²) >= 11 is 0. The van der Waals surface area contributed by atoms with Crippen LogP contribution in [0.2, 0.25) is 0 Å². The normalized spacial score (nSPS) is 17.9. The van der Waals surface area contributed by atoms with Gasteiger partial charge in [-0.15, -0.1) is 0 Å². The van der Waals surface area contributed by atoms with E-state index >= 15 is 0 Å². The number of primary amides is 1. The summed E-state index contributed by atoms with van der Waals surface area (Å²) in [5, 5.41) is 0. The second-order valence-electron chi connectivity index (χ2n) is 5.39. The van der Waals surface area contributed by atoms with Crippen LogP contribution < -0.4 is 15.2 Å². The molecule has 0 bridgehead atoms. The standard InChI is InChI=1S/C16H22N2O4/c1-21-13-7-6-11(9-14(13)22-2)16(20)18-8-4-3-5-12(18)10-15(17)19/h6-7,9,12H,3-5,8,10H2,1-2H3,(H2,17,19). The summed E-state index contributed by atoms with van der Waals surface area (Å²) in [4.78, 5) is 25.7. The smallest absolute Gasteiger partial charge is 0.254 e. The fourth-order valence-corrected chi connectivity index (χ4v) is 2.85. The van der Waals surface area contributed by atoms with E-state index in [9.17, 15) is 9.59 Å². The molecule has 2 amide bonds. The summed E-state index contributed by atoms with van der Waals surface area (Å²) in [6.45, 7) is 0.644. The summed E-state index contributed by atoms with van der Waals surface area (Å²) in [5.74, 6) is 0.604. The van der Waals surface area contributed by atoms with Crippen molar-refractivity contribution < 1.29 is 19.1 Å². The van der Waals surface area contributed by atoms with Crippen LogP contribution in [0.15, 0.2) is 18.2 Å². The molecule has 1 saturated heterocycles. The zero-order valence-electron chi connectivity index (χ0n) is 13.0. The Morgan fingerprint density at radius 2 is 1.95 bits per heavy atom. The quantitative estimate of drug-likeness (QED) is 0.895. The Balaban J connectivity index is 2.23. The predicted octanol–water partition coefficient (Wildman–Crippen LogP) is 1.57. The van der Waals surface area contributed by atoms with Gasteiger partial charge in [-0.05, 0) is 37.5 Å². The molecule has 1 fully saturated rings. The summed E-state index contributed by atoms with van der Waals surface area (Å²) in [5.41, 5.74) is 5.82. The Labute approximate surface area is 130 Å². The molecular formula is C16H22N2O4. The van der Waals surface area contributed by atoms with E-state index in [0.29, 0.717) is 23.6 Å². The number of rotatable bonds is 5. The molecule has 2 rings (SSSR count). The molecule has 6 heteroatoms. The molecule has 1 unspecified atom stereocenters. The lowest BCUT2D eigenvalue weighted by Gasteiger charge is -2.35.